The number of hydrogen-bond donors (Lipinski definition) is 1. The molecular weight excluding hydrogens is 232 g/mol. The van der Waals surface area contributed by atoms with Crippen LogP contribution in [-0.2, 0) is 6.54 Å². The van der Waals surface area contributed by atoms with E-state index in [9.17, 15) is 0 Å². The Hall–Kier alpha value is -1.02. The molecule has 0 saturated carbocycles. The maximum atomic E-state index is 3.48. The van der Waals surface area contributed by atoms with Gasteiger partial charge in [0.05, 0.1) is 0 Å². The second-order valence-electron chi connectivity index (χ2n) is 5.82. The minimum atomic E-state index is 0.712. The zero-order valence-corrected chi connectivity index (χ0v) is 13.1. The van der Waals surface area contributed by atoms with E-state index < -0.39 is 0 Å². The lowest BCUT2D eigenvalue weighted by molar-refractivity contribution is 0.552. The fourth-order valence-electron chi connectivity index (χ4n) is 2.10. The van der Waals surface area contributed by atoms with E-state index in [0.29, 0.717) is 5.92 Å². The third-order valence-electron chi connectivity index (χ3n) is 3.36. The van der Waals surface area contributed by atoms with E-state index in [1.54, 1.807) is 0 Å². The van der Waals surface area contributed by atoms with Crippen molar-refractivity contribution in [2.75, 3.05) is 25.0 Å². The number of benzene rings is 1. The van der Waals surface area contributed by atoms with E-state index in [1.165, 1.54) is 30.5 Å². The van der Waals surface area contributed by atoms with E-state index in [-0.39, 0.29) is 0 Å². The lowest BCUT2D eigenvalue weighted by Gasteiger charge is -2.19. The average molecular weight is 262 g/mol. The Morgan fingerprint density at radius 1 is 1.11 bits per heavy atom. The normalized spacial score (nSPS) is 11.0. The minimum absolute atomic E-state index is 0.712. The molecule has 2 nitrogen and oxygen atoms in total. The predicted molar refractivity (Wildman–Crippen MR) is 85.8 cm³/mol. The first kappa shape index (κ1) is 16.0. The molecule has 108 valence electrons. The van der Waals surface area contributed by atoms with Crippen LogP contribution in [0.2, 0.25) is 0 Å². The molecule has 0 aliphatic rings. The van der Waals surface area contributed by atoms with Gasteiger partial charge in [-0.25, -0.2) is 0 Å². The highest BCUT2D eigenvalue weighted by molar-refractivity contribution is 5.46. The van der Waals surface area contributed by atoms with Crippen molar-refractivity contribution in [1.82, 2.24) is 5.32 Å². The number of rotatable bonds is 9. The van der Waals surface area contributed by atoms with Crippen molar-refractivity contribution in [2.45, 2.75) is 46.6 Å². The number of unbranched alkanes of at least 4 members (excludes halogenated alkanes) is 2. The van der Waals surface area contributed by atoms with Crippen LogP contribution in [0.5, 0.6) is 0 Å². The topological polar surface area (TPSA) is 15.3 Å². The third kappa shape index (κ3) is 6.63. The van der Waals surface area contributed by atoms with Gasteiger partial charge in [-0.05, 0) is 36.6 Å². The maximum absolute atomic E-state index is 3.48. The van der Waals surface area contributed by atoms with Crippen molar-refractivity contribution in [3.05, 3.63) is 29.8 Å². The fraction of sp³-hybridized carbons (Fsp3) is 0.647. The summed E-state index contributed by atoms with van der Waals surface area (Å²) in [5, 5.41) is 3.48. The van der Waals surface area contributed by atoms with Crippen LogP contribution >= 0.6 is 0 Å². The van der Waals surface area contributed by atoms with Crippen LogP contribution in [0.1, 0.15) is 45.6 Å². The van der Waals surface area contributed by atoms with Gasteiger partial charge in [-0.3, -0.25) is 0 Å². The Kier molecular flexibility index (Phi) is 7.57. The first-order chi connectivity index (χ1) is 9.13. The Morgan fingerprint density at radius 2 is 1.79 bits per heavy atom. The number of hydrogen-bond acceptors (Lipinski definition) is 2. The summed E-state index contributed by atoms with van der Waals surface area (Å²) in [4.78, 5) is 2.35. The summed E-state index contributed by atoms with van der Waals surface area (Å²) < 4.78 is 0. The van der Waals surface area contributed by atoms with Gasteiger partial charge in [0, 0.05) is 25.8 Å². The highest BCUT2D eigenvalue weighted by Gasteiger charge is 2.01. The lowest BCUT2D eigenvalue weighted by atomic mass is 10.1. The molecule has 1 rings (SSSR count). The van der Waals surface area contributed by atoms with Gasteiger partial charge in [0.1, 0.15) is 0 Å². The van der Waals surface area contributed by atoms with Crippen molar-refractivity contribution < 1.29 is 0 Å². The molecule has 2 heteroatoms. The Balaban J connectivity index is 2.37. The molecule has 0 fully saturated rings. The first-order valence-electron chi connectivity index (χ1n) is 7.64. The van der Waals surface area contributed by atoms with Crippen LogP contribution in [0.15, 0.2) is 24.3 Å². The van der Waals surface area contributed by atoms with Gasteiger partial charge >= 0.3 is 0 Å². The van der Waals surface area contributed by atoms with E-state index in [0.717, 1.165) is 19.6 Å². The average Bonchev–Trinajstić information content (AvgIpc) is 2.39. The summed E-state index contributed by atoms with van der Waals surface area (Å²) >= 11 is 0. The highest BCUT2D eigenvalue weighted by atomic mass is 15.1. The van der Waals surface area contributed by atoms with Crippen molar-refractivity contribution in [3.63, 3.8) is 0 Å². The van der Waals surface area contributed by atoms with Gasteiger partial charge in [-0.2, -0.15) is 0 Å². The Labute approximate surface area is 119 Å². The minimum Gasteiger partial charge on any atom is -0.375 e. The van der Waals surface area contributed by atoms with Crippen molar-refractivity contribution in [2.24, 2.45) is 5.92 Å². The molecule has 0 aliphatic carbocycles. The van der Waals surface area contributed by atoms with Crippen molar-refractivity contribution in [1.29, 1.82) is 0 Å². The Bertz CT molecular complexity index is 330. The molecule has 1 aromatic carbocycles. The molecule has 0 aromatic heterocycles. The van der Waals surface area contributed by atoms with Gasteiger partial charge < -0.3 is 10.2 Å². The smallest absolute Gasteiger partial charge is 0.0363 e. The van der Waals surface area contributed by atoms with Crippen LogP contribution in [-0.4, -0.2) is 20.1 Å². The zero-order chi connectivity index (χ0) is 14.1. The number of anilines is 1. The lowest BCUT2D eigenvalue weighted by Crippen LogP contribution is -2.20. The van der Waals surface area contributed by atoms with Crippen LogP contribution in [0.25, 0.3) is 0 Å². The largest absolute Gasteiger partial charge is 0.375 e. The molecule has 0 radical (unpaired) electrons. The summed E-state index contributed by atoms with van der Waals surface area (Å²) in [5.74, 6) is 0.712. The molecule has 0 atom stereocenters. The second-order valence-corrected chi connectivity index (χ2v) is 5.82. The van der Waals surface area contributed by atoms with E-state index in [2.05, 4.69) is 62.3 Å². The summed E-state index contributed by atoms with van der Waals surface area (Å²) in [5.41, 5.74) is 2.69. The molecule has 0 amide bonds. The van der Waals surface area contributed by atoms with Crippen LogP contribution in [0, 0.1) is 5.92 Å². The molecule has 0 aliphatic heterocycles. The molecule has 0 unspecified atom stereocenters. The molecule has 0 heterocycles. The molecule has 1 aromatic rings. The fourth-order valence-corrected chi connectivity index (χ4v) is 2.10. The molecule has 19 heavy (non-hydrogen) atoms. The van der Waals surface area contributed by atoms with Crippen LogP contribution in [0.4, 0.5) is 5.69 Å². The molecule has 0 spiro atoms. The standard InChI is InChI=1S/C17H30N2/c1-5-6-7-12-19(4)17-10-8-16(9-11-17)14-18-13-15(2)3/h8-11,15,18H,5-7,12-14H2,1-4H3. The SMILES string of the molecule is CCCCCN(C)c1ccc(CNCC(C)C)cc1. The second kappa shape index (κ2) is 8.98. The molecular formula is C17H30N2. The van der Waals surface area contributed by atoms with Gasteiger partial charge in [0.25, 0.3) is 0 Å². The van der Waals surface area contributed by atoms with Crippen molar-refractivity contribution in [3.8, 4) is 0 Å². The quantitative estimate of drug-likeness (QED) is 0.675. The van der Waals surface area contributed by atoms with Gasteiger partial charge in [-0.15, -0.1) is 0 Å². The van der Waals surface area contributed by atoms with Crippen molar-refractivity contribution >= 4 is 5.69 Å². The summed E-state index contributed by atoms with van der Waals surface area (Å²) in [7, 11) is 2.18. The summed E-state index contributed by atoms with van der Waals surface area (Å²) in [6.07, 6.45) is 3.89. The van der Waals surface area contributed by atoms with Crippen LogP contribution in [0.3, 0.4) is 0 Å². The number of nitrogens with one attached hydrogen (secondary N) is 1. The summed E-state index contributed by atoms with van der Waals surface area (Å²) in [6, 6.07) is 8.94. The number of nitrogens with zero attached hydrogens (tertiary/aromatic N) is 1. The van der Waals surface area contributed by atoms with Gasteiger partial charge in [-0.1, -0.05) is 45.7 Å². The first-order valence-corrected chi connectivity index (χ1v) is 7.64. The molecule has 0 saturated heterocycles. The third-order valence-corrected chi connectivity index (χ3v) is 3.36. The van der Waals surface area contributed by atoms with Gasteiger partial charge in [0.2, 0.25) is 0 Å². The Morgan fingerprint density at radius 3 is 2.37 bits per heavy atom. The summed E-state index contributed by atoms with van der Waals surface area (Å²) in [6.45, 7) is 9.93. The molecule has 0 bridgehead atoms. The molecule has 1 N–H and O–H groups in total. The van der Waals surface area contributed by atoms with Crippen LogP contribution < -0.4 is 10.2 Å². The van der Waals surface area contributed by atoms with E-state index in [1.807, 2.05) is 0 Å². The maximum Gasteiger partial charge on any atom is 0.0363 e. The highest BCUT2D eigenvalue weighted by Crippen LogP contribution is 2.14. The van der Waals surface area contributed by atoms with E-state index in [4.69, 9.17) is 0 Å². The predicted octanol–water partition coefficient (Wildman–Crippen LogP) is 4.06. The monoisotopic (exact) mass is 262 g/mol. The zero-order valence-electron chi connectivity index (χ0n) is 13.1. The van der Waals surface area contributed by atoms with E-state index >= 15 is 0 Å². The van der Waals surface area contributed by atoms with Gasteiger partial charge in [0.15, 0.2) is 0 Å².